The van der Waals surface area contributed by atoms with Gasteiger partial charge in [-0.05, 0) is 38.9 Å². The van der Waals surface area contributed by atoms with E-state index in [2.05, 4.69) is 16.9 Å². The SMILES string of the molecule is Cc1cccc(CN(C)CC2(O)CCCC2)n1. The molecule has 1 aromatic heterocycles. The monoisotopic (exact) mass is 234 g/mol. The Bertz CT molecular complexity index is 372. The summed E-state index contributed by atoms with van der Waals surface area (Å²) in [6.45, 7) is 3.57. The van der Waals surface area contributed by atoms with Crippen LogP contribution in [0.1, 0.15) is 37.1 Å². The highest BCUT2D eigenvalue weighted by Gasteiger charge is 2.32. The van der Waals surface area contributed by atoms with Crippen molar-refractivity contribution >= 4 is 0 Å². The Hall–Kier alpha value is -0.930. The number of aryl methyl sites for hydroxylation is 1. The highest BCUT2D eigenvalue weighted by atomic mass is 16.3. The van der Waals surface area contributed by atoms with Crippen LogP contribution in [0.2, 0.25) is 0 Å². The summed E-state index contributed by atoms with van der Waals surface area (Å²) in [4.78, 5) is 6.66. The number of hydrogen-bond donors (Lipinski definition) is 1. The Morgan fingerprint density at radius 2 is 2.06 bits per heavy atom. The first-order valence-corrected chi connectivity index (χ1v) is 6.41. The predicted octanol–water partition coefficient (Wildman–Crippen LogP) is 2.13. The first-order valence-electron chi connectivity index (χ1n) is 6.41. The van der Waals surface area contributed by atoms with Gasteiger partial charge in [-0.25, -0.2) is 0 Å². The van der Waals surface area contributed by atoms with Crippen molar-refractivity contribution in [2.24, 2.45) is 0 Å². The Morgan fingerprint density at radius 3 is 2.71 bits per heavy atom. The van der Waals surface area contributed by atoms with Gasteiger partial charge in [-0.15, -0.1) is 0 Å². The molecule has 1 heterocycles. The standard InChI is InChI=1S/C14H22N2O/c1-12-6-5-7-13(15-12)10-16(2)11-14(17)8-3-4-9-14/h5-7,17H,3-4,8-11H2,1-2H3. The van der Waals surface area contributed by atoms with E-state index in [1.807, 2.05) is 25.1 Å². The molecule has 1 N–H and O–H groups in total. The predicted molar refractivity (Wildman–Crippen MR) is 68.7 cm³/mol. The Kier molecular flexibility index (Phi) is 3.79. The van der Waals surface area contributed by atoms with Gasteiger partial charge >= 0.3 is 0 Å². The van der Waals surface area contributed by atoms with Crippen molar-refractivity contribution < 1.29 is 5.11 Å². The Morgan fingerprint density at radius 1 is 1.35 bits per heavy atom. The minimum atomic E-state index is -0.460. The van der Waals surface area contributed by atoms with Crippen molar-refractivity contribution in [2.45, 2.75) is 44.8 Å². The van der Waals surface area contributed by atoms with Crippen LogP contribution < -0.4 is 0 Å². The fourth-order valence-electron chi connectivity index (χ4n) is 2.71. The summed E-state index contributed by atoms with van der Waals surface area (Å²) in [6, 6.07) is 6.09. The van der Waals surface area contributed by atoms with Gasteiger partial charge < -0.3 is 5.11 Å². The molecule has 0 amide bonds. The molecule has 2 rings (SSSR count). The molecule has 0 bridgehead atoms. The van der Waals surface area contributed by atoms with Gasteiger partial charge in [-0.2, -0.15) is 0 Å². The van der Waals surface area contributed by atoms with Crippen LogP contribution >= 0.6 is 0 Å². The molecule has 0 saturated heterocycles. The van der Waals surface area contributed by atoms with Crippen molar-refractivity contribution in [3.8, 4) is 0 Å². The molecule has 0 aliphatic heterocycles. The molecule has 0 aromatic carbocycles. The molecule has 0 atom stereocenters. The first-order chi connectivity index (χ1) is 8.07. The second kappa shape index (κ2) is 5.15. The van der Waals surface area contributed by atoms with Crippen LogP contribution in [-0.2, 0) is 6.54 Å². The lowest BCUT2D eigenvalue weighted by Crippen LogP contribution is -2.38. The van der Waals surface area contributed by atoms with Crippen molar-refractivity contribution in [1.82, 2.24) is 9.88 Å². The van der Waals surface area contributed by atoms with Crippen molar-refractivity contribution in [3.63, 3.8) is 0 Å². The average Bonchev–Trinajstić information content (AvgIpc) is 2.64. The van der Waals surface area contributed by atoms with Gasteiger partial charge in [0.05, 0.1) is 11.3 Å². The average molecular weight is 234 g/mol. The normalized spacial score (nSPS) is 18.8. The number of aromatic nitrogens is 1. The third-order valence-corrected chi connectivity index (χ3v) is 3.48. The molecule has 1 aliphatic rings. The van der Waals surface area contributed by atoms with Crippen LogP contribution in [0.5, 0.6) is 0 Å². The zero-order valence-corrected chi connectivity index (χ0v) is 10.8. The van der Waals surface area contributed by atoms with Crippen LogP contribution in [0, 0.1) is 6.92 Å². The molecule has 1 aliphatic carbocycles. The molecule has 94 valence electrons. The maximum atomic E-state index is 10.3. The van der Waals surface area contributed by atoms with E-state index in [4.69, 9.17) is 0 Å². The minimum absolute atomic E-state index is 0.460. The summed E-state index contributed by atoms with van der Waals surface area (Å²) in [5.41, 5.74) is 1.67. The minimum Gasteiger partial charge on any atom is -0.389 e. The van der Waals surface area contributed by atoms with Gasteiger partial charge in [-0.3, -0.25) is 9.88 Å². The van der Waals surface area contributed by atoms with E-state index in [1.165, 1.54) is 0 Å². The van der Waals surface area contributed by atoms with Gasteiger partial charge in [0.25, 0.3) is 0 Å². The second-order valence-electron chi connectivity index (χ2n) is 5.37. The van der Waals surface area contributed by atoms with Crippen LogP contribution in [-0.4, -0.2) is 34.2 Å². The maximum Gasteiger partial charge on any atom is 0.0774 e. The summed E-state index contributed by atoms with van der Waals surface area (Å²) in [6.07, 6.45) is 4.21. The summed E-state index contributed by atoms with van der Waals surface area (Å²) in [5.74, 6) is 0. The largest absolute Gasteiger partial charge is 0.389 e. The lowest BCUT2D eigenvalue weighted by atomic mass is 10.0. The fraction of sp³-hybridized carbons (Fsp3) is 0.643. The second-order valence-corrected chi connectivity index (χ2v) is 5.37. The van der Waals surface area contributed by atoms with Gasteiger partial charge in [-0.1, -0.05) is 18.9 Å². The lowest BCUT2D eigenvalue weighted by Gasteiger charge is -2.28. The van der Waals surface area contributed by atoms with E-state index >= 15 is 0 Å². The van der Waals surface area contributed by atoms with E-state index < -0.39 is 5.60 Å². The Labute approximate surface area is 103 Å². The van der Waals surface area contributed by atoms with Crippen LogP contribution in [0.15, 0.2) is 18.2 Å². The highest BCUT2D eigenvalue weighted by Crippen LogP contribution is 2.30. The molecule has 0 radical (unpaired) electrons. The lowest BCUT2D eigenvalue weighted by molar-refractivity contribution is 0.0143. The highest BCUT2D eigenvalue weighted by molar-refractivity contribution is 5.09. The number of aliphatic hydroxyl groups is 1. The molecular weight excluding hydrogens is 212 g/mol. The quantitative estimate of drug-likeness (QED) is 0.867. The van der Waals surface area contributed by atoms with Gasteiger partial charge in [0.1, 0.15) is 0 Å². The fourth-order valence-corrected chi connectivity index (χ4v) is 2.71. The van der Waals surface area contributed by atoms with Crippen molar-refractivity contribution in [1.29, 1.82) is 0 Å². The van der Waals surface area contributed by atoms with Crippen LogP contribution in [0.3, 0.4) is 0 Å². The third kappa shape index (κ3) is 3.51. The molecule has 3 heteroatoms. The van der Waals surface area contributed by atoms with E-state index in [0.717, 1.165) is 50.2 Å². The number of likely N-dealkylation sites (N-methyl/N-ethyl adjacent to an activating group) is 1. The molecule has 0 spiro atoms. The first kappa shape index (κ1) is 12.5. The van der Waals surface area contributed by atoms with E-state index in [-0.39, 0.29) is 0 Å². The number of hydrogen-bond acceptors (Lipinski definition) is 3. The molecule has 17 heavy (non-hydrogen) atoms. The maximum absolute atomic E-state index is 10.3. The van der Waals surface area contributed by atoms with Gasteiger partial charge in [0, 0.05) is 18.8 Å². The van der Waals surface area contributed by atoms with Crippen LogP contribution in [0.4, 0.5) is 0 Å². The van der Waals surface area contributed by atoms with Crippen molar-refractivity contribution in [2.75, 3.05) is 13.6 Å². The van der Waals surface area contributed by atoms with E-state index in [1.54, 1.807) is 0 Å². The summed E-state index contributed by atoms with van der Waals surface area (Å²) in [7, 11) is 2.06. The number of pyridine rings is 1. The smallest absolute Gasteiger partial charge is 0.0774 e. The van der Waals surface area contributed by atoms with Crippen molar-refractivity contribution in [3.05, 3.63) is 29.6 Å². The zero-order chi connectivity index (χ0) is 12.3. The molecule has 1 aromatic rings. The topological polar surface area (TPSA) is 36.4 Å². The summed E-state index contributed by atoms with van der Waals surface area (Å²) in [5, 5.41) is 10.3. The number of nitrogens with zero attached hydrogens (tertiary/aromatic N) is 2. The van der Waals surface area contributed by atoms with Gasteiger partial charge in [0.15, 0.2) is 0 Å². The van der Waals surface area contributed by atoms with E-state index in [0.29, 0.717) is 0 Å². The Balaban J connectivity index is 1.90. The van der Waals surface area contributed by atoms with Crippen LogP contribution in [0.25, 0.3) is 0 Å². The molecular formula is C14H22N2O. The zero-order valence-electron chi connectivity index (χ0n) is 10.8. The summed E-state index contributed by atoms with van der Waals surface area (Å²) >= 11 is 0. The summed E-state index contributed by atoms with van der Waals surface area (Å²) < 4.78 is 0. The molecule has 3 nitrogen and oxygen atoms in total. The molecule has 1 fully saturated rings. The van der Waals surface area contributed by atoms with Gasteiger partial charge in [0.2, 0.25) is 0 Å². The van der Waals surface area contributed by atoms with E-state index in [9.17, 15) is 5.11 Å². The molecule has 0 unspecified atom stereocenters. The molecule has 1 saturated carbocycles. The number of rotatable bonds is 4. The third-order valence-electron chi connectivity index (χ3n) is 3.48.